The molecule has 0 saturated heterocycles. The van der Waals surface area contributed by atoms with Crippen LogP contribution in [0.15, 0.2) is 61.7 Å². The number of rotatable bonds is 4. The lowest BCUT2D eigenvalue weighted by molar-refractivity contribution is 1.63. The molecule has 0 amide bonds. The van der Waals surface area contributed by atoms with Crippen molar-refractivity contribution >= 4 is 30.6 Å². The van der Waals surface area contributed by atoms with E-state index in [4.69, 9.17) is 0 Å². The van der Waals surface area contributed by atoms with E-state index in [1.165, 1.54) is 21.5 Å². The summed E-state index contributed by atoms with van der Waals surface area (Å²) in [5.74, 6) is 0. The summed E-state index contributed by atoms with van der Waals surface area (Å²) in [5, 5.41) is 2.87. The Hall–Kier alpha value is -1.86. The van der Waals surface area contributed by atoms with Crippen LogP contribution in [0.25, 0.3) is 12.2 Å². The first kappa shape index (κ1) is 13.6. The molecule has 0 aliphatic carbocycles. The van der Waals surface area contributed by atoms with Crippen LogP contribution < -0.4 is 10.4 Å². The molecule has 0 saturated carbocycles. The minimum absolute atomic E-state index is 1.19. The summed E-state index contributed by atoms with van der Waals surface area (Å²) in [5.41, 5.74) is 2.39. The van der Waals surface area contributed by atoms with Gasteiger partial charge in [0.15, 0.2) is 0 Å². The van der Waals surface area contributed by atoms with Crippen molar-refractivity contribution < 1.29 is 0 Å². The Morgan fingerprint density at radius 1 is 0.789 bits per heavy atom. The van der Waals surface area contributed by atoms with Crippen molar-refractivity contribution in [1.29, 1.82) is 0 Å². The lowest BCUT2D eigenvalue weighted by atomic mass is 10.2. The minimum Gasteiger partial charge on any atom is -0.0985 e. The van der Waals surface area contributed by atoms with Gasteiger partial charge in [0.05, 0.1) is 0 Å². The van der Waals surface area contributed by atoms with Crippen molar-refractivity contribution in [2.45, 2.75) is 13.1 Å². The maximum Gasteiger partial charge on any atom is 0.112 e. The van der Waals surface area contributed by atoms with Crippen LogP contribution in [-0.2, 0) is 0 Å². The van der Waals surface area contributed by atoms with Gasteiger partial charge >= 0.3 is 0 Å². The lowest BCUT2D eigenvalue weighted by Crippen LogP contribution is -2.52. The van der Waals surface area contributed by atoms with E-state index in [-0.39, 0.29) is 0 Å². The van der Waals surface area contributed by atoms with E-state index in [0.29, 0.717) is 0 Å². The molecule has 2 aromatic rings. The molecule has 0 nitrogen and oxygen atoms in total. The maximum absolute atomic E-state index is 3.86. The Balaban J connectivity index is 2.50. The molecule has 0 aliphatic rings. The van der Waals surface area contributed by atoms with Crippen LogP contribution in [0.4, 0.5) is 0 Å². The van der Waals surface area contributed by atoms with Crippen molar-refractivity contribution in [2.75, 3.05) is 0 Å². The molecule has 96 valence electrons. The number of hydrogen-bond acceptors (Lipinski definition) is 0. The fourth-order valence-electron chi connectivity index (χ4n) is 2.28. The molecule has 0 N–H and O–H groups in total. The Kier molecular flexibility index (Phi) is 3.86. The van der Waals surface area contributed by atoms with Crippen molar-refractivity contribution in [1.82, 2.24) is 0 Å². The Bertz CT molecular complexity index is 555. The topological polar surface area (TPSA) is 0 Å². The zero-order valence-corrected chi connectivity index (χ0v) is 12.7. The van der Waals surface area contributed by atoms with Gasteiger partial charge in [0.1, 0.15) is 8.07 Å². The molecule has 0 radical (unpaired) electrons. The first-order valence-electron chi connectivity index (χ1n) is 6.54. The second-order valence-corrected chi connectivity index (χ2v) is 9.69. The highest BCUT2D eigenvalue weighted by molar-refractivity contribution is 7.00. The van der Waals surface area contributed by atoms with E-state index in [1.54, 1.807) is 0 Å². The highest BCUT2D eigenvalue weighted by Crippen LogP contribution is 2.09. The molecule has 0 fully saturated rings. The van der Waals surface area contributed by atoms with E-state index >= 15 is 0 Å². The molecule has 2 rings (SSSR count). The number of hydrogen-bond donors (Lipinski definition) is 0. The Morgan fingerprint density at radius 3 is 1.58 bits per heavy atom. The van der Waals surface area contributed by atoms with Gasteiger partial charge in [0.25, 0.3) is 0 Å². The van der Waals surface area contributed by atoms with E-state index in [9.17, 15) is 0 Å². The lowest BCUT2D eigenvalue weighted by Gasteiger charge is -2.24. The second-order valence-electron chi connectivity index (χ2n) is 5.28. The van der Waals surface area contributed by atoms with Crippen LogP contribution >= 0.6 is 0 Å². The zero-order valence-electron chi connectivity index (χ0n) is 11.7. The smallest absolute Gasteiger partial charge is 0.0985 e. The minimum atomic E-state index is -1.65. The van der Waals surface area contributed by atoms with Crippen molar-refractivity contribution in [3.8, 4) is 0 Å². The van der Waals surface area contributed by atoms with E-state index in [0.717, 1.165) is 0 Å². The Labute approximate surface area is 117 Å². The summed E-state index contributed by atoms with van der Waals surface area (Å²) in [6.45, 7) is 12.5. The summed E-state index contributed by atoms with van der Waals surface area (Å²) in [7, 11) is -1.65. The first-order chi connectivity index (χ1) is 9.07. The van der Waals surface area contributed by atoms with E-state index in [1.807, 2.05) is 12.2 Å². The fraction of sp³-hybridized carbons (Fsp3) is 0.111. The van der Waals surface area contributed by atoms with Crippen molar-refractivity contribution in [3.05, 3.63) is 72.8 Å². The summed E-state index contributed by atoms with van der Waals surface area (Å²) in [6, 6.07) is 17.4. The van der Waals surface area contributed by atoms with Crippen LogP contribution in [0.2, 0.25) is 13.1 Å². The fourth-order valence-corrected chi connectivity index (χ4v) is 4.69. The molecule has 0 heterocycles. The summed E-state index contributed by atoms with van der Waals surface area (Å²) in [4.78, 5) is 0. The van der Waals surface area contributed by atoms with Crippen LogP contribution in [0, 0.1) is 0 Å². The second kappa shape index (κ2) is 5.41. The van der Waals surface area contributed by atoms with Gasteiger partial charge in [0, 0.05) is 0 Å². The van der Waals surface area contributed by atoms with Crippen molar-refractivity contribution in [2.24, 2.45) is 0 Å². The third-order valence-electron chi connectivity index (χ3n) is 3.69. The van der Waals surface area contributed by atoms with E-state index < -0.39 is 8.07 Å². The maximum atomic E-state index is 3.86. The van der Waals surface area contributed by atoms with Gasteiger partial charge in [-0.2, -0.15) is 0 Å². The van der Waals surface area contributed by atoms with Crippen molar-refractivity contribution in [3.63, 3.8) is 0 Å². The van der Waals surface area contributed by atoms with Gasteiger partial charge in [-0.05, 0) is 11.1 Å². The average Bonchev–Trinajstić information content (AvgIpc) is 2.47. The van der Waals surface area contributed by atoms with Gasteiger partial charge in [0.2, 0.25) is 0 Å². The molecule has 0 bridgehead atoms. The molecule has 0 aromatic heterocycles. The molecule has 0 aliphatic heterocycles. The third kappa shape index (κ3) is 2.77. The quantitative estimate of drug-likeness (QED) is 0.737. The molecule has 19 heavy (non-hydrogen) atoms. The predicted octanol–water partition coefficient (Wildman–Crippen LogP) is 3.80. The zero-order chi connectivity index (χ0) is 13.9. The van der Waals surface area contributed by atoms with Crippen LogP contribution in [0.5, 0.6) is 0 Å². The monoisotopic (exact) mass is 264 g/mol. The van der Waals surface area contributed by atoms with Gasteiger partial charge in [-0.3, -0.25) is 0 Å². The van der Waals surface area contributed by atoms with Gasteiger partial charge in [-0.15, -0.1) is 0 Å². The van der Waals surface area contributed by atoms with Gasteiger partial charge in [-0.25, -0.2) is 0 Å². The molecule has 0 unspecified atom stereocenters. The third-order valence-corrected chi connectivity index (χ3v) is 7.20. The predicted molar refractivity (Wildman–Crippen MR) is 89.8 cm³/mol. The first-order valence-corrected chi connectivity index (χ1v) is 9.54. The SMILES string of the molecule is C=Cc1cccc([Si](C)(C)c2cccc(C=C)c2)c1. The molecule has 0 atom stereocenters. The highest BCUT2D eigenvalue weighted by Gasteiger charge is 2.25. The van der Waals surface area contributed by atoms with Gasteiger partial charge in [-0.1, -0.05) is 97.3 Å². The summed E-state index contributed by atoms with van der Waals surface area (Å²) in [6.07, 6.45) is 3.82. The highest BCUT2D eigenvalue weighted by atomic mass is 28.3. The van der Waals surface area contributed by atoms with Crippen LogP contribution in [-0.4, -0.2) is 8.07 Å². The average molecular weight is 264 g/mol. The normalized spacial score (nSPS) is 11.1. The largest absolute Gasteiger partial charge is 0.112 e. The van der Waals surface area contributed by atoms with Crippen LogP contribution in [0.1, 0.15) is 11.1 Å². The molecule has 1 heteroatoms. The van der Waals surface area contributed by atoms with Gasteiger partial charge < -0.3 is 0 Å². The van der Waals surface area contributed by atoms with Crippen LogP contribution in [0.3, 0.4) is 0 Å². The molecule has 2 aromatic carbocycles. The Morgan fingerprint density at radius 2 is 1.21 bits per heavy atom. The molecule has 0 spiro atoms. The summed E-state index contributed by atoms with van der Waals surface area (Å²) >= 11 is 0. The van der Waals surface area contributed by atoms with E-state index in [2.05, 4.69) is 74.8 Å². The molecular formula is C18H20Si. The molecular weight excluding hydrogens is 244 g/mol. The standard InChI is InChI=1S/C18H20Si/c1-5-15-9-7-11-17(13-15)19(3,4)18-12-8-10-16(6-2)14-18/h5-14H,1-2H2,3-4H3. The number of benzene rings is 2. The summed E-state index contributed by atoms with van der Waals surface area (Å²) < 4.78 is 0.